The number of carbonyl (C=O) groups excluding carboxylic acids is 1. The summed E-state index contributed by atoms with van der Waals surface area (Å²) in [6, 6.07) is 0. The van der Waals surface area contributed by atoms with Crippen LogP contribution in [0.25, 0.3) is 0 Å². The Bertz CT molecular complexity index is 250. The third kappa shape index (κ3) is 7.43. The van der Waals surface area contributed by atoms with Gasteiger partial charge in [0.25, 0.3) is 0 Å². The zero-order chi connectivity index (χ0) is 12.8. The lowest BCUT2D eigenvalue weighted by Crippen LogP contribution is -2.25. The fraction of sp³-hybridized carbons (Fsp3) is 0.750. The molecule has 0 bridgehead atoms. The molecule has 0 aromatic rings. The summed E-state index contributed by atoms with van der Waals surface area (Å²) in [4.78, 5) is 10.9. The molecule has 0 saturated carbocycles. The van der Waals surface area contributed by atoms with Gasteiger partial charge in [0.1, 0.15) is 6.10 Å². The fourth-order valence-electron chi connectivity index (χ4n) is 1.34. The third-order valence-corrected chi connectivity index (χ3v) is 2.25. The van der Waals surface area contributed by atoms with Crippen molar-refractivity contribution in [3.8, 4) is 0 Å². The van der Waals surface area contributed by atoms with Crippen LogP contribution in [0.1, 0.15) is 40.5 Å². The smallest absolute Gasteiger partial charge is 0.303 e. The standard InChI is InChI=1S/C12H22O4/c1-9(6-8-13)11(16-10(2)14)5-7-12(3,4)15/h6,11,13,15H,5,7-8H2,1-4H3/b9-6+/t11-/m0/s1. The number of rotatable bonds is 6. The van der Waals surface area contributed by atoms with Crippen LogP contribution in [-0.4, -0.2) is 34.5 Å². The van der Waals surface area contributed by atoms with Crippen LogP contribution in [0, 0.1) is 0 Å². The molecular weight excluding hydrogens is 208 g/mol. The topological polar surface area (TPSA) is 66.8 Å². The van der Waals surface area contributed by atoms with Crippen LogP contribution in [0.4, 0.5) is 0 Å². The van der Waals surface area contributed by atoms with E-state index in [0.717, 1.165) is 5.57 Å². The second kappa shape index (κ2) is 6.66. The van der Waals surface area contributed by atoms with E-state index in [4.69, 9.17) is 9.84 Å². The van der Waals surface area contributed by atoms with Crippen LogP contribution in [-0.2, 0) is 9.53 Å². The first kappa shape index (κ1) is 15.1. The number of carbonyl (C=O) groups is 1. The van der Waals surface area contributed by atoms with Crippen molar-refractivity contribution >= 4 is 5.97 Å². The summed E-state index contributed by atoms with van der Waals surface area (Å²) in [5, 5.41) is 18.4. The van der Waals surface area contributed by atoms with Crippen LogP contribution >= 0.6 is 0 Å². The monoisotopic (exact) mass is 230 g/mol. The van der Waals surface area contributed by atoms with Crippen LogP contribution < -0.4 is 0 Å². The average Bonchev–Trinajstić information content (AvgIpc) is 2.10. The first-order valence-electron chi connectivity index (χ1n) is 5.43. The van der Waals surface area contributed by atoms with Crippen molar-refractivity contribution in [1.82, 2.24) is 0 Å². The highest BCUT2D eigenvalue weighted by Gasteiger charge is 2.19. The Morgan fingerprint density at radius 2 is 2.00 bits per heavy atom. The van der Waals surface area contributed by atoms with E-state index in [0.29, 0.717) is 12.8 Å². The predicted molar refractivity (Wildman–Crippen MR) is 61.9 cm³/mol. The Balaban J connectivity index is 4.44. The van der Waals surface area contributed by atoms with Crippen LogP contribution in [0.15, 0.2) is 11.6 Å². The molecule has 2 N–H and O–H groups in total. The molecule has 0 saturated heterocycles. The van der Waals surface area contributed by atoms with Gasteiger partial charge in [0, 0.05) is 6.92 Å². The first-order chi connectivity index (χ1) is 7.26. The molecule has 4 nitrogen and oxygen atoms in total. The van der Waals surface area contributed by atoms with E-state index in [1.165, 1.54) is 6.92 Å². The van der Waals surface area contributed by atoms with Crippen molar-refractivity contribution in [2.45, 2.75) is 52.2 Å². The molecule has 4 heteroatoms. The lowest BCUT2D eigenvalue weighted by atomic mass is 9.97. The Morgan fingerprint density at radius 1 is 1.44 bits per heavy atom. The summed E-state index contributed by atoms with van der Waals surface area (Å²) >= 11 is 0. The second-order valence-electron chi connectivity index (χ2n) is 4.58. The van der Waals surface area contributed by atoms with Gasteiger partial charge in [0.15, 0.2) is 0 Å². The number of aliphatic hydroxyl groups is 2. The van der Waals surface area contributed by atoms with Crippen molar-refractivity contribution in [3.63, 3.8) is 0 Å². The van der Waals surface area contributed by atoms with Crippen LogP contribution in [0.3, 0.4) is 0 Å². The SMILES string of the molecule is CC(=O)O[C@@H](CCC(C)(C)O)/C(C)=C/CO. The molecule has 94 valence electrons. The molecule has 0 spiro atoms. The van der Waals surface area contributed by atoms with Crippen molar-refractivity contribution in [2.75, 3.05) is 6.61 Å². The number of esters is 1. The van der Waals surface area contributed by atoms with Gasteiger partial charge in [-0.3, -0.25) is 4.79 Å². The van der Waals surface area contributed by atoms with Gasteiger partial charge in [-0.1, -0.05) is 6.08 Å². The zero-order valence-electron chi connectivity index (χ0n) is 10.5. The Labute approximate surface area is 96.9 Å². The lowest BCUT2D eigenvalue weighted by molar-refractivity contribution is -0.145. The van der Waals surface area contributed by atoms with E-state index >= 15 is 0 Å². The third-order valence-electron chi connectivity index (χ3n) is 2.25. The molecule has 0 radical (unpaired) electrons. The van der Waals surface area contributed by atoms with Gasteiger partial charge >= 0.3 is 5.97 Å². The Hall–Kier alpha value is -0.870. The number of hydrogen-bond donors (Lipinski definition) is 2. The summed E-state index contributed by atoms with van der Waals surface area (Å²) in [6.45, 7) is 6.50. The highest BCUT2D eigenvalue weighted by molar-refractivity contribution is 5.66. The van der Waals surface area contributed by atoms with E-state index in [1.54, 1.807) is 26.8 Å². The van der Waals surface area contributed by atoms with E-state index in [9.17, 15) is 9.90 Å². The van der Waals surface area contributed by atoms with Crippen LogP contribution in [0.5, 0.6) is 0 Å². The molecule has 1 atom stereocenters. The van der Waals surface area contributed by atoms with Gasteiger partial charge in [-0.15, -0.1) is 0 Å². The molecule has 16 heavy (non-hydrogen) atoms. The van der Waals surface area contributed by atoms with Crippen molar-refractivity contribution in [2.24, 2.45) is 0 Å². The molecule has 0 amide bonds. The average molecular weight is 230 g/mol. The number of aliphatic hydroxyl groups excluding tert-OH is 1. The van der Waals surface area contributed by atoms with Gasteiger partial charge in [0.2, 0.25) is 0 Å². The minimum Gasteiger partial charge on any atom is -0.458 e. The van der Waals surface area contributed by atoms with Gasteiger partial charge in [0.05, 0.1) is 12.2 Å². The highest BCUT2D eigenvalue weighted by atomic mass is 16.5. The molecule has 0 heterocycles. The van der Waals surface area contributed by atoms with E-state index < -0.39 is 5.60 Å². The Morgan fingerprint density at radius 3 is 2.38 bits per heavy atom. The summed E-state index contributed by atoms with van der Waals surface area (Å²) in [6.07, 6.45) is 2.32. The number of hydrogen-bond acceptors (Lipinski definition) is 4. The van der Waals surface area contributed by atoms with Gasteiger partial charge in [-0.05, 0) is 39.2 Å². The molecule has 0 aliphatic heterocycles. The van der Waals surface area contributed by atoms with Gasteiger partial charge in [-0.2, -0.15) is 0 Å². The lowest BCUT2D eigenvalue weighted by Gasteiger charge is -2.22. The van der Waals surface area contributed by atoms with Gasteiger partial charge in [-0.25, -0.2) is 0 Å². The predicted octanol–water partition coefficient (Wildman–Crippen LogP) is 1.41. The summed E-state index contributed by atoms with van der Waals surface area (Å²) in [7, 11) is 0. The van der Waals surface area contributed by atoms with Gasteiger partial charge < -0.3 is 14.9 Å². The van der Waals surface area contributed by atoms with Crippen molar-refractivity contribution in [3.05, 3.63) is 11.6 Å². The molecule has 0 aliphatic rings. The number of ether oxygens (including phenoxy) is 1. The van der Waals surface area contributed by atoms with E-state index in [2.05, 4.69) is 0 Å². The maximum atomic E-state index is 10.9. The van der Waals surface area contributed by atoms with Crippen LogP contribution in [0.2, 0.25) is 0 Å². The summed E-state index contributed by atoms with van der Waals surface area (Å²) < 4.78 is 5.13. The highest BCUT2D eigenvalue weighted by Crippen LogP contribution is 2.18. The van der Waals surface area contributed by atoms with Crippen molar-refractivity contribution < 1.29 is 19.7 Å². The fourth-order valence-corrected chi connectivity index (χ4v) is 1.34. The van der Waals surface area contributed by atoms with Crippen molar-refractivity contribution in [1.29, 1.82) is 0 Å². The van der Waals surface area contributed by atoms with E-state index in [1.807, 2.05) is 0 Å². The minimum atomic E-state index is -0.780. The molecule has 0 unspecified atom stereocenters. The maximum absolute atomic E-state index is 10.9. The normalized spacial score (nSPS) is 14.8. The molecule has 0 aromatic carbocycles. The quantitative estimate of drug-likeness (QED) is 0.535. The second-order valence-corrected chi connectivity index (χ2v) is 4.58. The largest absolute Gasteiger partial charge is 0.458 e. The molecule has 0 aliphatic carbocycles. The summed E-state index contributed by atoms with van der Waals surface area (Å²) in [5.41, 5.74) is 0.0275. The summed E-state index contributed by atoms with van der Waals surface area (Å²) in [5.74, 6) is -0.355. The maximum Gasteiger partial charge on any atom is 0.303 e. The molecule has 0 rings (SSSR count). The molecular formula is C12H22O4. The van der Waals surface area contributed by atoms with E-state index in [-0.39, 0.29) is 18.7 Å². The molecule has 0 aromatic heterocycles. The Kier molecular flexibility index (Phi) is 6.29. The molecule has 0 fully saturated rings. The minimum absolute atomic E-state index is 0.0773. The first-order valence-corrected chi connectivity index (χ1v) is 5.43. The zero-order valence-corrected chi connectivity index (χ0v) is 10.5.